The second kappa shape index (κ2) is 6.55. The van der Waals surface area contributed by atoms with Gasteiger partial charge in [0, 0.05) is 25.3 Å². The maximum Gasteiger partial charge on any atom is 0.326 e. The number of aliphatic carboxylic acids is 2. The summed E-state index contributed by atoms with van der Waals surface area (Å²) in [4.78, 5) is 35.2. The van der Waals surface area contributed by atoms with Crippen LogP contribution in [-0.4, -0.2) is 48.2 Å². The maximum absolute atomic E-state index is 11.9. The van der Waals surface area contributed by atoms with Crippen molar-refractivity contribution >= 4 is 23.5 Å². The molecule has 1 aromatic rings. The molecule has 0 aliphatic carbocycles. The Morgan fingerprint density at radius 1 is 1.25 bits per heavy atom. The van der Waals surface area contributed by atoms with E-state index in [2.05, 4.69) is 5.32 Å². The Kier molecular flexibility index (Phi) is 5.08. The smallest absolute Gasteiger partial charge is 0.326 e. The van der Waals surface area contributed by atoms with Gasteiger partial charge in [-0.05, 0) is 18.2 Å². The van der Waals surface area contributed by atoms with Crippen LogP contribution in [0.2, 0.25) is 0 Å². The van der Waals surface area contributed by atoms with Crippen LogP contribution in [0.5, 0.6) is 0 Å². The highest BCUT2D eigenvalue weighted by Crippen LogP contribution is 2.13. The lowest BCUT2D eigenvalue weighted by molar-refractivity contribution is -0.145. The molecule has 0 heterocycles. The van der Waals surface area contributed by atoms with Gasteiger partial charge in [-0.1, -0.05) is 6.07 Å². The van der Waals surface area contributed by atoms with Crippen LogP contribution < -0.4 is 10.2 Å². The van der Waals surface area contributed by atoms with Crippen molar-refractivity contribution in [3.8, 4) is 0 Å². The zero-order valence-corrected chi connectivity index (χ0v) is 11.2. The first-order valence-corrected chi connectivity index (χ1v) is 5.84. The molecule has 0 saturated carbocycles. The van der Waals surface area contributed by atoms with E-state index in [9.17, 15) is 14.4 Å². The molecule has 0 saturated heterocycles. The zero-order valence-electron chi connectivity index (χ0n) is 11.2. The molecule has 0 aromatic heterocycles. The molecule has 0 aliphatic heterocycles. The van der Waals surface area contributed by atoms with Gasteiger partial charge in [-0.15, -0.1) is 0 Å². The fourth-order valence-electron chi connectivity index (χ4n) is 1.54. The third kappa shape index (κ3) is 4.27. The lowest BCUT2D eigenvalue weighted by atomic mass is 10.1. The molecule has 0 unspecified atom stereocenters. The van der Waals surface area contributed by atoms with E-state index in [1.54, 1.807) is 23.1 Å². The van der Waals surface area contributed by atoms with Crippen LogP contribution in [0.15, 0.2) is 24.3 Å². The Morgan fingerprint density at radius 3 is 2.40 bits per heavy atom. The van der Waals surface area contributed by atoms with Crippen LogP contribution in [0.25, 0.3) is 0 Å². The average molecular weight is 280 g/mol. The van der Waals surface area contributed by atoms with E-state index in [4.69, 9.17) is 10.2 Å². The van der Waals surface area contributed by atoms with Crippen molar-refractivity contribution in [1.29, 1.82) is 0 Å². The van der Waals surface area contributed by atoms with Crippen molar-refractivity contribution < 1.29 is 24.6 Å². The lowest BCUT2D eigenvalue weighted by Gasteiger charge is -2.15. The van der Waals surface area contributed by atoms with Gasteiger partial charge >= 0.3 is 11.9 Å². The fraction of sp³-hybridized carbons (Fsp3) is 0.308. The van der Waals surface area contributed by atoms with E-state index in [0.717, 1.165) is 5.69 Å². The van der Waals surface area contributed by atoms with Crippen LogP contribution >= 0.6 is 0 Å². The molecule has 0 fully saturated rings. The van der Waals surface area contributed by atoms with Crippen LogP contribution in [-0.2, 0) is 9.59 Å². The SMILES string of the molecule is CN(C)c1cccc(C(=O)N[C@H](CC(=O)O)C(=O)O)c1. The Bertz CT molecular complexity index is 527. The standard InChI is InChI=1S/C13H16N2O5/c1-15(2)9-5-3-4-8(6-9)12(18)14-10(13(19)20)7-11(16)17/h3-6,10H,7H2,1-2H3,(H,14,18)(H,16,17)(H,19,20)/t10-/m1/s1. The van der Waals surface area contributed by atoms with Gasteiger partial charge in [0.15, 0.2) is 0 Å². The first-order chi connectivity index (χ1) is 9.31. The first-order valence-electron chi connectivity index (χ1n) is 5.84. The normalized spacial score (nSPS) is 11.5. The molecule has 108 valence electrons. The fourth-order valence-corrected chi connectivity index (χ4v) is 1.54. The second-order valence-corrected chi connectivity index (χ2v) is 4.41. The molecule has 0 bridgehead atoms. The number of carbonyl (C=O) groups is 3. The number of rotatable bonds is 6. The number of hydrogen-bond acceptors (Lipinski definition) is 4. The number of nitrogens with zero attached hydrogens (tertiary/aromatic N) is 1. The highest BCUT2D eigenvalue weighted by Gasteiger charge is 2.23. The number of nitrogens with one attached hydrogen (secondary N) is 1. The summed E-state index contributed by atoms with van der Waals surface area (Å²) in [5, 5.41) is 19.7. The monoisotopic (exact) mass is 280 g/mol. The molecular weight excluding hydrogens is 264 g/mol. The summed E-state index contributed by atoms with van der Waals surface area (Å²) < 4.78 is 0. The largest absolute Gasteiger partial charge is 0.481 e. The minimum Gasteiger partial charge on any atom is -0.481 e. The summed E-state index contributed by atoms with van der Waals surface area (Å²) in [5.41, 5.74) is 1.05. The molecule has 20 heavy (non-hydrogen) atoms. The van der Waals surface area contributed by atoms with Gasteiger partial charge in [0.25, 0.3) is 5.91 Å². The zero-order chi connectivity index (χ0) is 15.3. The summed E-state index contributed by atoms with van der Waals surface area (Å²) in [6.07, 6.45) is -0.672. The summed E-state index contributed by atoms with van der Waals surface area (Å²) in [6, 6.07) is 5.12. The van der Waals surface area contributed by atoms with Gasteiger partial charge in [-0.3, -0.25) is 9.59 Å². The van der Waals surface area contributed by atoms with Crippen molar-refractivity contribution in [2.75, 3.05) is 19.0 Å². The first kappa shape index (κ1) is 15.5. The second-order valence-electron chi connectivity index (χ2n) is 4.41. The van der Waals surface area contributed by atoms with Gasteiger partial charge < -0.3 is 20.4 Å². The number of carbonyl (C=O) groups excluding carboxylic acids is 1. The molecule has 1 rings (SSSR count). The molecule has 0 spiro atoms. The number of hydrogen-bond donors (Lipinski definition) is 3. The summed E-state index contributed by atoms with van der Waals surface area (Å²) >= 11 is 0. The van der Waals surface area contributed by atoms with Crippen LogP contribution in [0.3, 0.4) is 0 Å². The Balaban J connectivity index is 2.86. The Morgan fingerprint density at radius 2 is 1.90 bits per heavy atom. The summed E-state index contributed by atoms with van der Waals surface area (Å²) in [5.74, 6) is -3.30. The van der Waals surface area contributed by atoms with E-state index in [0.29, 0.717) is 0 Å². The number of anilines is 1. The number of benzene rings is 1. The third-order valence-electron chi connectivity index (χ3n) is 2.61. The van der Waals surface area contributed by atoms with Crippen molar-refractivity contribution in [3.05, 3.63) is 29.8 Å². The predicted octanol–water partition coefficient (Wildman–Crippen LogP) is 0.410. The van der Waals surface area contributed by atoms with Gasteiger partial charge in [-0.2, -0.15) is 0 Å². The third-order valence-corrected chi connectivity index (χ3v) is 2.61. The van der Waals surface area contributed by atoms with Crippen molar-refractivity contribution in [2.45, 2.75) is 12.5 Å². The predicted molar refractivity (Wildman–Crippen MR) is 71.9 cm³/mol. The lowest BCUT2D eigenvalue weighted by Crippen LogP contribution is -2.42. The van der Waals surface area contributed by atoms with Crippen LogP contribution in [0.4, 0.5) is 5.69 Å². The highest BCUT2D eigenvalue weighted by molar-refractivity contribution is 5.98. The van der Waals surface area contributed by atoms with Gasteiger partial charge in [-0.25, -0.2) is 4.79 Å². The Hall–Kier alpha value is -2.57. The molecule has 0 aliphatic rings. The van der Waals surface area contributed by atoms with E-state index in [1.807, 2.05) is 14.1 Å². The summed E-state index contributed by atoms with van der Waals surface area (Å²) in [7, 11) is 3.61. The summed E-state index contributed by atoms with van der Waals surface area (Å²) in [6.45, 7) is 0. The molecule has 1 atom stereocenters. The molecule has 1 amide bonds. The topological polar surface area (TPSA) is 107 Å². The Labute approximate surface area is 115 Å². The molecule has 0 radical (unpaired) electrons. The number of carboxylic acids is 2. The van der Waals surface area contributed by atoms with Gasteiger partial charge in [0.05, 0.1) is 6.42 Å². The molecule has 1 aromatic carbocycles. The van der Waals surface area contributed by atoms with Crippen LogP contribution in [0.1, 0.15) is 16.8 Å². The quantitative estimate of drug-likeness (QED) is 0.696. The van der Waals surface area contributed by atoms with Gasteiger partial charge in [0.1, 0.15) is 6.04 Å². The minimum atomic E-state index is -1.46. The van der Waals surface area contributed by atoms with Crippen LogP contribution in [0, 0.1) is 0 Å². The molecule has 3 N–H and O–H groups in total. The molecule has 7 heteroatoms. The number of amides is 1. The van der Waals surface area contributed by atoms with E-state index >= 15 is 0 Å². The van der Waals surface area contributed by atoms with Crippen molar-refractivity contribution in [2.24, 2.45) is 0 Å². The number of carboxylic acid groups (broad SMARTS) is 2. The highest BCUT2D eigenvalue weighted by atomic mass is 16.4. The van der Waals surface area contributed by atoms with Crippen molar-refractivity contribution in [3.63, 3.8) is 0 Å². The van der Waals surface area contributed by atoms with E-state index < -0.39 is 30.3 Å². The molecular formula is C13H16N2O5. The minimum absolute atomic E-state index is 0.271. The maximum atomic E-state index is 11.9. The van der Waals surface area contributed by atoms with Crippen molar-refractivity contribution in [1.82, 2.24) is 5.32 Å². The molecule has 7 nitrogen and oxygen atoms in total. The van der Waals surface area contributed by atoms with E-state index in [-0.39, 0.29) is 5.56 Å². The van der Waals surface area contributed by atoms with Gasteiger partial charge in [0.2, 0.25) is 0 Å². The van der Waals surface area contributed by atoms with E-state index in [1.165, 1.54) is 6.07 Å². The average Bonchev–Trinajstić information content (AvgIpc) is 2.37.